The van der Waals surface area contributed by atoms with Crippen molar-refractivity contribution in [3.63, 3.8) is 0 Å². The van der Waals surface area contributed by atoms with Crippen LogP contribution in [-0.2, 0) is 17.6 Å². The van der Waals surface area contributed by atoms with E-state index >= 15 is 0 Å². The molecule has 132 valence electrons. The van der Waals surface area contributed by atoms with Crippen molar-refractivity contribution < 1.29 is 9.59 Å². The lowest BCUT2D eigenvalue weighted by Crippen LogP contribution is -2.35. The Morgan fingerprint density at radius 2 is 2.04 bits per heavy atom. The van der Waals surface area contributed by atoms with E-state index in [4.69, 9.17) is 0 Å². The van der Waals surface area contributed by atoms with Gasteiger partial charge in [-0.25, -0.2) is 0 Å². The molecule has 0 saturated carbocycles. The molecule has 24 heavy (non-hydrogen) atoms. The SMILES string of the molecule is CC(C)CNC(=O)[C@@H]1CCc2sc(C(=O)N3CCCCC3)cc2C1. The maximum Gasteiger partial charge on any atom is 0.263 e. The van der Waals surface area contributed by atoms with Crippen molar-refractivity contribution in [1.82, 2.24) is 10.2 Å². The van der Waals surface area contributed by atoms with Gasteiger partial charge < -0.3 is 10.2 Å². The summed E-state index contributed by atoms with van der Waals surface area (Å²) >= 11 is 1.65. The minimum atomic E-state index is 0.0591. The second-order valence-corrected chi connectivity index (χ2v) is 8.63. The summed E-state index contributed by atoms with van der Waals surface area (Å²) in [6.45, 7) is 6.74. The summed E-state index contributed by atoms with van der Waals surface area (Å²) in [5.41, 5.74) is 1.22. The molecule has 1 aliphatic heterocycles. The molecule has 2 aliphatic rings. The zero-order chi connectivity index (χ0) is 17.1. The Morgan fingerprint density at radius 1 is 1.29 bits per heavy atom. The van der Waals surface area contributed by atoms with Gasteiger partial charge in [0.1, 0.15) is 0 Å². The van der Waals surface area contributed by atoms with Gasteiger partial charge in [0.05, 0.1) is 4.88 Å². The number of amides is 2. The molecule has 2 heterocycles. The van der Waals surface area contributed by atoms with Crippen molar-refractivity contribution in [3.8, 4) is 0 Å². The predicted molar refractivity (Wildman–Crippen MR) is 97.4 cm³/mol. The van der Waals surface area contributed by atoms with E-state index < -0.39 is 0 Å². The van der Waals surface area contributed by atoms with Crippen LogP contribution in [0.3, 0.4) is 0 Å². The molecule has 1 saturated heterocycles. The molecule has 0 aromatic carbocycles. The molecule has 0 bridgehead atoms. The van der Waals surface area contributed by atoms with E-state index in [2.05, 4.69) is 25.2 Å². The minimum Gasteiger partial charge on any atom is -0.356 e. The fraction of sp³-hybridized carbons (Fsp3) is 0.684. The highest BCUT2D eigenvalue weighted by molar-refractivity contribution is 7.14. The van der Waals surface area contributed by atoms with Gasteiger partial charge in [-0.15, -0.1) is 11.3 Å². The number of piperidine rings is 1. The molecule has 1 N–H and O–H groups in total. The number of likely N-dealkylation sites (tertiary alicyclic amines) is 1. The van der Waals surface area contributed by atoms with Gasteiger partial charge in [-0.3, -0.25) is 9.59 Å². The van der Waals surface area contributed by atoms with Gasteiger partial charge in [-0.2, -0.15) is 0 Å². The summed E-state index contributed by atoms with van der Waals surface area (Å²) in [6, 6.07) is 2.05. The molecule has 1 aliphatic carbocycles. The summed E-state index contributed by atoms with van der Waals surface area (Å²) in [7, 11) is 0. The lowest BCUT2D eigenvalue weighted by Gasteiger charge is -2.26. The fourth-order valence-electron chi connectivity index (χ4n) is 3.55. The first-order chi connectivity index (χ1) is 11.5. The Morgan fingerprint density at radius 3 is 2.75 bits per heavy atom. The van der Waals surface area contributed by atoms with Gasteiger partial charge in [-0.05, 0) is 56.1 Å². The smallest absolute Gasteiger partial charge is 0.263 e. The number of carbonyl (C=O) groups is 2. The Bertz CT molecular complexity index is 603. The summed E-state index contributed by atoms with van der Waals surface area (Å²) in [5.74, 6) is 0.895. The first kappa shape index (κ1) is 17.5. The highest BCUT2D eigenvalue weighted by atomic mass is 32.1. The molecule has 0 spiro atoms. The maximum atomic E-state index is 12.7. The van der Waals surface area contributed by atoms with Crippen LogP contribution < -0.4 is 5.32 Å². The summed E-state index contributed by atoms with van der Waals surface area (Å²) < 4.78 is 0. The lowest BCUT2D eigenvalue weighted by molar-refractivity contribution is -0.125. The molecule has 2 amide bonds. The predicted octanol–water partition coefficient (Wildman–Crippen LogP) is 3.25. The third-order valence-electron chi connectivity index (χ3n) is 4.99. The van der Waals surface area contributed by atoms with E-state index in [9.17, 15) is 9.59 Å². The summed E-state index contributed by atoms with van der Waals surface area (Å²) in [6.07, 6.45) is 6.08. The average molecular weight is 349 g/mol. The number of hydrogen-bond donors (Lipinski definition) is 1. The number of rotatable bonds is 4. The zero-order valence-electron chi connectivity index (χ0n) is 14.8. The first-order valence-corrected chi connectivity index (χ1v) is 10.0. The van der Waals surface area contributed by atoms with E-state index in [0.717, 1.165) is 56.6 Å². The minimum absolute atomic E-state index is 0.0591. The van der Waals surface area contributed by atoms with Gasteiger partial charge >= 0.3 is 0 Å². The van der Waals surface area contributed by atoms with Gasteiger partial charge in [0.15, 0.2) is 0 Å². The van der Waals surface area contributed by atoms with Crippen LogP contribution >= 0.6 is 11.3 Å². The quantitative estimate of drug-likeness (QED) is 0.908. The van der Waals surface area contributed by atoms with Crippen LogP contribution in [0, 0.1) is 11.8 Å². The van der Waals surface area contributed by atoms with Gasteiger partial charge in [0.2, 0.25) is 5.91 Å². The molecular formula is C19H28N2O2S. The van der Waals surface area contributed by atoms with E-state index in [1.54, 1.807) is 11.3 Å². The van der Waals surface area contributed by atoms with Crippen LogP contribution in [0.2, 0.25) is 0 Å². The van der Waals surface area contributed by atoms with Crippen molar-refractivity contribution >= 4 is 23.2 Å². The largest absolute Gasteiger partial charge is 0.356 e. The number of thiophene rings is 1. The molecule has 3 rings (SSSR count). The van der Waals surface area contributed by atoms with Crippen LogP contribution in [0.5, 0.6) is 0 Å². The van der Waals surface area contributed by atoms with Crippen molar-refractivity contribution in [2.45, 2.75) is 52.4 Å². The van der Waals surface area contributed by atoms with Crippen molar-refractivity contribution in [2.24, 2.45) is 11.8 Å². The van der Waals surface area contributed by atoms with E-state index in [0.29, 0.717) is 5.92 Å². The summed E-state index contributed by atoms with van der Waals surface area (Å²) in [5, 5.41) is 3.05. The fourth-order valence-corrected chi connectivity index (χ4v) is 4.73. The standard InChI is InChI=1S/C19H28N2O2S/c1-13(2)12-20-18(22)14-6-7-16-15(10-14)11-17(24-16)19(23)21-8-4-3-5-9-21/h11,13-14H,3-10,12H2,1-2H3,(H,20,22)/t14-/m1/s1. The van der Waals surface area contributed by atoms with Crippen LogP contribution in [0.15, 0.2) is 6.07 Å². The van der Waals surface area contributed by atoms with Crippen LogP contribution in [0.4, 0.5) is 0 Å². The lowest BCUT2D eigenvalue weighted by atomic mass is 9.87. The van der Waals surface area contributed by atoms with Crippen molar-refractivity contribution in [2.75, 3.05) is 19.6 Å². The molecular weight excluding hydrogens is 320 g/mol. The van der Waals surface area contributed by atoms with Crippen molar-refractivity contribution in [1.29, 1.82) is 0 Å². The topological polar surface area (TPSA) is 49.4 Å². The number of aryl methyl sites for hydroxylation is 1. The molecule has 0 unspecified atom stereocenters. The molecule has 5 heteroatoms. The highest BCUT2D eigenvalue weighted by Gasteiger charge is 2.28. The van der Waals surface area contributed by atoms with Crippen LogP contribution in [-0.4, -0.2) is 36.3 Å². The Kier molecular flexibility index (Phi) is 5.59. The third-order valence-corrected chi connectivity index (χ3v) is 6.22. The van der Waals surface area contributed by atoms with Gasteiger partial charge in [-0.1, -0.05) is 13.8 Å². The monoisotopic (exact) mass is 348 g/mol. The number of fused-ring (bicyclic) bond motifs is 1. The molecule has 4 nitrogen and oxygen atoms in total. The third kappa shape index (κ3) is 4.00. The second-order valence-electron chi connectivity index (χ2n) is 7.49. The van der Waals surface area contributed by atoms with E-state index in [1.165, 1.54) is 16.9 Å². The number of nitrogens with one attached hydrogen (secondary N) is 1. The number of hydrogen-bond acceptors (Lipinski definition) is 3. The van der Waals surface area contributed by atoms with E-state index in [-0.39, 0.29) is 17.7 Å². The highest BCUT2D eigenvalue weighted by Crippen LogP contribution is 2.33. The second kappa shape index (κ2) is 7.68. The van der Waals surface area contributed by atoms with Crippen molar-refractivity contribution in [3.05, 3.63) is 21.4 Å². The Hall–Kier alpha value is -1.36. The van der Waals surface area contributed by atoms with Crippen LogP contribution in [0.25, 0.3) is 0 Å². The first-order valence-electron chi connectivity index (χ1n) is 9.23. The normalized spacial score (nSPS) is 20.8. The maximum absolute atomic E-state index is 12.7. The molecule has 1 fully saturated rings. The Labute approximate surface area is 148 Å². The number of carbonyl (C=O) groups excluding carboxylic acids is 2. The molecule has 0 radical (unpaired) electrons. The Balaban J connectivity index is 1.64. The molecule has 1 atom stereocenters. The summed E-state index contributed by atoms with van der Waals surface area (Å²) in [4.78, 5) is 29.2. The average Bonchev–Trinajstić information content (AvgIpc) is 3.02. The molecule has 1 aromatic heterocycles. The number of nitrogens with zero attached hydrogens (tertiary/aromatic N) is 1. The van der Waals surface area contributed by atoms with Gasteiger partial charge in [0.25, 0.3) is 5.91 Å². The zero-order valence-corrected chi connectivity index (χ0v) is 15.6. The van der Waals surface area contributed by atoms with Crippen LogP contribution in [0.1, 0.15) is 59.6 Å². The molecule has 1 aromatic rings. The van der Waals surface area contributed by atoms with Gasteiger partial charge in [0, 0.05) is 30.4 Å². The van der Waals surface area contributed by atoms with E-state index in [1.807, 2.05) is 4.90 Å².